The van der Waals surface area contributed by atoms with E-state index in [0.717, 1.165) is 18.2 Å². The third-order valence-corrected chi connectivity index (χ3v) is 1.92. The van der Waals surface area contributed by atoms with Crippen LogP contribution in [0, 0.1) is 21.8 Å². The first-order valence-corrected chi connectivity index (χ1v) is 5.03. The van der Waals surface area contributed by atoms with Crippen molar-refractivity contribution in [3.8, 4) is 0 Å². The van der Waals surface area contributed by atoms with Crippen molar-refractivity contribution in [2.45, 2.75) is 13.8 Å². The minimum atomic E-state index is -0.884. The van der Waals surface area contributed by atoms with Crippen molar-refractivity contribution in [3.05, 3.63) is 39.7 Å². The fourth-order valence-electron chi connectivity index (χ4n) is 1.15. The number of hydrogen-bond acceptors (Lipinski definition) is 4. The molecule has 0 amide bonds. The van der Waals surface area contributed by atoms with Crippen molar-refractivity contribution in [1.29, 1.82) is 0 Å². The second-order valence-electron chi connectivity index (χ2n) is 3.91. The maximum absolute atomic E-state index is 12.9. The number of ether oxygens (including phenoxy) is 1. The predicted molar refractivity (Wildman–Crippen MR) is 58.2 cm³/mol. The summed E-state index contributed by atoms with van der Waals surface area (Å²) >= 11 is 0. The summed E-state index contributed by atoms with van der Waals surface area (Å²) in [5.41, 5.74) is -0.823. The van der Waals surface area contributed by atoms with E-state index < -0.39 is 22.4 Å². The zero-order valence-electron chi connectivity index (χ0n) is 9.47. The molecule has 0 fully saturated rings. The number of rotatable bonds is 4. The average molecular weight is 241 g/mol. The van der Waals surface area contributed by atoms with Gasteiger partial charge in [-0.1, -0.05) is 13.8 Å². The van der Waals surface area contributed by atoms with Crippen LogP contribution in [0.2, 0.25) is 0 Å². The molecule has 0 aliphatic carbocycles. The van der Waals surface area contributed by atoms with Crippen molar-refractivity contribution in [3.63, 3.8) is 0 Å². The second-order valence-corrected chi connectivity index (χ2v) is 3.91. The zero-order valence-corrected chi connectivity index (χ0v) is 9.47. The molecule has 1 aromatic rings. The molecule has 0 saturated heterocycles. The predicted octanol–water partition coefficient (Wildman–Crippen LogP) is 2.55. The molecule has 0 aliphatic heterocycles. The number of hydrogen-bond donors (Lipinski definition) is 0. The molecule has 1 aromatic carbocycles. The lowest BCUT2D eigenvalue weighted by Gasteiger charge is -2.07. The largest absolute Gasteiger partial charge is 0.462 e. The molecule has 0 aromatic heterocycles. The maximum Gasteiger partial charge on any atom is 0.345 e. The van der Waals surface area contributed by atoms with Gasteiger partial charge < -0.3 is 4.74 Å². The molecule has 0 radical (unpaired) electrons. The summed E-state index contributed by atoms with van der Waals surface area (Å²) in [6.07, 6.45) is 0. The number of nitro groups is 1. The van der Waals surface area contributed by atoms with E-state index in [1.54, 1.807) is 0 Å². The number of halogens is 1. The van der Waals surface area contributed by atoms with Crippen molar-refractivity contribution in [2.75, 3.05) is 6.61 Å². The molecule has 0 unspecified atom stereocenters. The van der Waals surface area contributed by atoms with E-state index in [1.807, 2.05) is 13.8 Å². The Morgan fingerprint density at radius 2 is 2.18 bits per heavy atom. The average Bonchev–Trinajstić information content (AvgIpc) is 2.25. The van der Waals surface area contributed by atoms with Gasteiger partial charge in [0.25, 0.3) is 5.69 Å². The molecule has 5 nitrogen and oxygen atoms in total. The van der Waals surface area contributed by atoms with Crippen molar-refractivity contribution in [1.82, 2.24) is 0 Å². The number of nitro benzene ring substituents is 1. The summed E-state index contributed by atoms with van der Waals surface area (Å²) in [4.78, 5) is 21.4. The summed E-state index contributed by atoms with van der Waals surface area (Å²) in [6, 6.07) is 2.68. The molecule has 0 heterocycles. The van der Waals surface area contributed by atoms with Crippen LogP contribution in [0.1, 0.15) is 24.2 Å². The first-order valence-electron chi connectivity index (χ1n) is 5.03. The molecule has 0 bridgehead atoms. The molecular weight excluding hydrogens is 229 g/mol. The van der Waals surface area contributed by atoms with Crippen LogP contribution in [0.25, 0.3) is 0 Å². The smallest absolute Gasteiger partial charge is 0.345 e. The van der Waals surface area contributed by atoms with E-state index in [2.05, 4.69) is 0 Å². The first kappa shape index (κ1) is 13.1. The lowest BCUT2D eigenvalue weighted by atomic mass is 10.1. The summed E-state index contributed by atoms with van der Waals surface area (Å²) in [5, 5.41) is 10.7. The monoisotopic (exact) mass is 241 g/mol. The SMILES string of the molecule is CC(C)COC(=O)c1cc(F)ccc1[N+](=O)[O-]. The molecule has 0 atom stereocenters. The van der Waals surface area contributed by atoms with Crippen LogP contribution in [0.15, 0.2) is 18.2 Å². The van der Waals surface area contributed by atoms with Gasteiger partial charge in [0.1, 0.15) is 11.4 Å². The fraction of sp³-hybridized carbons (Fsp3) is 0.364. The fourth-order valence-corrected chi connectivity index (χ4v) is 1.15. The van der Waals surface area contributed by atoms with Gasteiger partial charge in [-0.05, 0) is 18.1 Å². The molecule has 6 heteroatoms. The van der Waals surface area contributed by atoms with Crippen molar-refractivity contribution < 1.29 is 18.8 Å². The summed E-state index contributed by atoms with van der Waals surface area (Å²) in [6.45, 7) is 3.78. The minimum Gasteiger partial charge on any atom is -0.462 e. The number of carbonyl (C=O) groups is 1. The van der Waals surface area contributed by atoms with Crippen LogP contribution in [-0.2, 0) is 4.74 Å². The van der Waals surface area contributed by atoms with Crippen LogP contribution in [-0.4, -0.2) is 17.5 Å². The van der Waals surface area contributed by atoms with Gasteiger partial charge in [-0.3, -0.25) is 10.1 Å². The van der Waals surface area contributed by atoms with Gasteiger partial charge in [0.05, 0.1) is 11.5 Å². The minimum absolute atomic E-state index is 0.103. The Balaban J connectivity index is 2.98. The highest BCUT2D eigenvalue weighted by Crippen LogP contribution is 2.20. The number of esters is 1. The van der Waals surface area contributed by atoms with E-state index in [-0.39, 0.29) is 18.1 Å². The lowest BCUT2D eigenvalue weighted by molar-refractivity contribution is -0.385. The Hall–Kier alpha value is -1.98. The molecule has 0 saturated carbocycles. The van der Waals surface area contributed by atoms with Gasteiger partial charge in [0, 0.05) is 6.07 Å². The number of nitrogens with zero attached hydrogens (tertiary/aromatic N) is 1. The molecule has 0 aliphatic rings. The van der Waals surface area contributed by atoms with Gasteiger partial charge in [-0.15, -0.1) is 0 Å². The number of carbonyl (C=O) groups excluding carboxylic acids is 1. The quantitative estimate of drug-likeness (QED) is 0.461. The molecule has 17 heavy (non-hydrogen) atoms. The van der Waals surface area contributed by atoms with E-state index in [0.29, 0.717) is 0 Å². The van der Waals surface area contributed by atoms with E-state index in [9.17, 15) is 19.3 Å². The third-order valence-electron chi connectivity index (χ3n) is 1.92. The van der Waals surface area contributed by atoms with Crippen LogP contribution in [0.3, 0.4) is 0 Å². The highest BCUT2D eigenvalue weighted by atomic mass is 19.1. The second kappa shape index (κ2) is 5.38. The molecule has 92 valence electrons. The van der Waals surface area contributed by atoms with E-state index >= 15 is 0 Å². The Morgan fingerprint density at radius 1 is 1.53 bits per heavy atom. The topological polar surface area (TPSA) is 69.4 Å². The standard InChI is InChI=1S/C11H12FNO4/c1-7(2)6-17-11(14)9-5-8(12)3-4-10(9)13(15)16/h3-5,7H,6H2,1-2H3. The Bertz CT molecular complexity index is 445. The van der Waals surface area contributed by atoms with Crippen LogP contribution in [0.5, 0.6) is 0 Å². The molecule has 0 N–H and O–H groups in total. The van der Waals surface area contributed by atoms with E-state index in [4.69, 9.17) is 4.74 Å². The van der Waals surface area contributed by atoms with Gasteiger partial charge in [-0.25, -0.2) is 9.18 Å². The highest BCUT2D eigenvalue weighted by Gasteiger charge is 2.22. The summed E-state index contributed by atoms with van der Waals surface area (Å²) < 4.78 is 17.8. The Kier molecular flexibility index (Phi) is 4.14. The first-order chi connectivity index (χ1) is 7.91. The van der Waals surface area contributed by atoms with Gasteiger partial charge in [0.15, 0.2) is 0 Å². The van der Waals surface area contributed by atoms with E-state index in [1.165, 1.54) is 0 Å². The third kappa shape index (κ3) is 3.51. The van der Waals surface area contributed by atoms with Crippen LogP contribution >= 0.6 is 0 Å². The van der Waals surface area contributed by atoms with Crippen LogP contribution < -0.4 is 0 Å². The van der Waals surface area contributed by atoms with Crippen LogP contribution in [0.4, 0.5) is 10.1 Å². The zero-order chi connectivity index (χ0) is 13.0. The summed E-state index contributed by atoms with van der Waals surface area (Å²) in [5.74, 6) is -1.50. The Morgan fingerprint density at radius 3 is 2.71 bits per heavy atom. The summed E-state index contributed by atoms with van der Waals surface area (Å²) in [7, 11) is 0. The van der Waals surface area contributed by atoms with Gasteiger partial charge >= 0.3 is 5.97 Å². The normalized spacial score (nSPS) is 10.4. The highest BCUT2D eigenvalue weighted by molar-refractivity contribution is 5.93. The van der Waals surface area contributed by atoms with Gasteiger partial charge in [-0.2, -0.15) is 0 Å². The molecule has 0 spiro atoms. The Labute approximate surface area is 97.3 Å². The molecule has 1 rings (SSSR count). The number of benzene rings is 1. The molecular formula is C11H12FNO4. The van der Waals surface area contributed by atoms with Gasteiger partial charge in [0.2, 0.25) is 0 Å². The maximum atomic E-state index is 12.9. The lowest BCUT2D eigenvalue weighted by Crippen LogP contribution is -2.12. The van der Waals surface area contributed by atoms with Crippen molar-refractivity contribution >= 4 is 11.7 Å². The van der Waals surface area contributed by atoms with Crippen molar-refractivity contribution in [2.24, 2.45) is 5.92 Å².